The Balaban J connectivity index is 1.67. The average molecular weight is 576 g/mol. The second-order valence-electron chi connectivity index (χ2n) is 8.94. The summed E-state index contributed by atoms with van der Waals surface area (Å²) in [5.41, 5.74) is -1.72. The molecule has 8 nitrogen and oxygen atoms in total. The lowest BCUT2D eigenvalue weighted by molar-refractivity contribution is -0.137. The summed E-state index contributed by atoms with van der Waals surface area (Å²) in [6.45, 7) is -0.455. The van der Waals surface area contributed by atoms with E-state index in [2.05, 4.69) is 16.0 Å². The predicted octanol–water partition coefficient (Wildman–Crippen LogP) is 5.59. The van der Waals surface area contributed by atoms with E-state index < -0.39 is 52.8 Å². The topological polar surface area (TPSA) is 114 Å². The van der Waals surface area contributed by atoms with E-state index in [-0.39, 0.29) is 52.2 Å². The summed E-state index contributed by atoms with van der Waals surface area (Å²) in [6, 6.07) is 6.10. The molecule has 5 rings (SSSR count). The number of urea groups is 1. The number of carbonyl (C=O) groups excluding carboxylic acids is 3. The summed E-state index contributed by atoms with van der Waals surface area (Å²) < 4.78 is 67.9. The quantitative estimate of drug-likeness (QED) is 0.278. The number of anilines is 2. The van der Waals surface area contributed by atoms with Gasteiger partial charge in [0.2, 0.25) is 0 Å². The standard InChI is InChI=1S/C26H15ClF5N5O3/c27-17-2-1-14(28)9-16(17)22-19-18(34-23(38)11-5-13(26(30,31)32)8-15(29)6-11)7-12-10-37(4-3-33)25(40)36-21(12)20(19)24(39)35-22/h1-2,5-9,22H,4,10H2,(H,34,38)(H,35,39)(H,36,40)/t22-/m0/s1. The van der Waals surface area contributed by atoms with Crippen molar-refractivity contribution in [2.24, 2.45) is 0 Å². The van der Waals surface area contributed by atoms with Gasteiger partial charge < -0.3 is 20.9 Å². The second kappa shape index (κ2) is 9.80. The normalized spacial score (nSPS) is 16.0. The van der Waals surface area contributed by atoms with E-state index >= 15 is 0 Å². The molecule has 3 aromatic rings. The van der Waals surface area contributed by atoms with Crippen molar-refractivity contribution in [1.82, 2.24) is 10.2 Å². The fraction of sp³-hybridized carbons (Fsp3) is 0.154. The van der Waals surface area contributed by atoms with Gasteiger partial charge >= 0.3 is 12.2 Å². The Hall–Kier alpha value is -4.70. The molecule has 4 amide bonds. The lowest BCUT2D eigenvalue weighted by Crippen LogP contribution is -2.39. The van der Waals surface area contributed by atoms with Crippen LogP contribution in [0.2, 0.25) is 5.02 Å². The molecule has 3 aromatic carbocycles. The number of benzene rings is 3. The maximum atomic E-state index is 14.2. The van der Waals surface area contributed by atoms with Crippen molar-refractivity contribution in [2.45, 2.75) is 18.8 Å². The van der Waals surface area contributed by atoms with Crippen LogP contribution in [0.1, 0.15) is 49.0 Å². The van der Waals surface area contributed by atoms with Gasteiger partial charge in [-0.2, -0.15) is 18.4 Å². The molecule has 0 spiro atoms. The van der Waals surface area contributed by atoms with Crippen molar-refractivity contribution in [1.29, 1.82) is 5.26 Å². The van der Waals surface area contributed by atoms with E-state index in [9.17, 15) is 36.3 Å². The molecule has 0 aromatic heterocycles. The van der Waals surface area contributed by atoms with Crippen LogP contribution in [-0.2, 0) is 12.7 Å². The van der Waals surface area contributed by atoms with Crippen LogP contribution in [-0.4, -0.2) is 29.3 Å². The fourth-order valence-electron chi connectivity index (χ4n) is 4.66. The number of rotatable bonds is 4. The van der Waals surface area contributed by atoms with Gasteiger partial charge in [-0.15, -0.1) is 0 Å². The van der Waals surface area contributed by atoms with Gasteiger partial charge in [0.1, 0.15) is 18.2 Å². The third-order valence-corrected chi connectivity index (χ3v) is 6.73. The molecule has 0 unspecified atom stereocenters. The number of hydrogen-bond donors (Lipinski definition) is 3. The third-order valence-electron chi connectivity index (χ3n) is 6.39. The first kappa shape index (κ1) is 26.9. The average Bonchev–Trinajstić information content (AvgIpc) is 3.23. The molecule has 40 heavy (non-hydrogen) atoms. The van der Waals surface area contributed by atoms with E-state index in [1.54, 1.807) is 0 Å². The van der Waals surface area contributed by atoms with Crippen LogP contribution in [0.4, 0.5) is 38.1 Å². The molecular weight excluding hydrogens is 561 g/mol. The summed E-state index contributed by atoms with van der Waals surface area (Å²) in [5.74, 6) is -3.84. The zero-order valence-electron chi connectivity index (χ0n) is 19.9. The Bertz CT molecular complexity index is 1650. The monoisotopic (exact) mass is 575 g/mol. The van der Waals surface area contributed by atoms with Gasteiger partial charge in [-0.25, -0.2) is 13.6 Å². The molecular formula is C26H15ClF5N5O3. The second-order valence-corrected chi connectivity index (χ2v) is 9.35. The molecule has 0 saturated carbocycles. The number of alkyl halides is 3. The van der Waals surface area contributed by atoms with E-state index in [1.165, 1.54) is 12.1 Å². The van der Waals surface area contributed by atoms with Crippen molar-refractivity contribution in [3.8, 4) is 6.07 Å². The van der Waals surface area contributed by atoms with Gasteiger partial charge in [-0.05, 0) is 48.0 Å². The third kappa shape index (κ3) is 4.77. The van der Waals surface area contributed by atoms with Gasteiger partial charge in [-0.1, -0.05) is 11.6 Å². The minimum atomic E-state index is -4.93. The summed E-state index contributed by atoms with van der Waals surface area (Å²) in [6.07, 6.45) is -4.93. The van der Waals surface area contributed by atoms with Gasteiger partial charge in [-0.3, -0.25) is 9.59 Å². The zero-order chi connectivity index (χ0) is 28.9. The Labute approximate surface area is 227 Å². The number of nitriles is 1. The lowest BCUT2D eigenvalue weighted by atomic mass is 9.92. The van der Waals surface area contributed by atoms with Crippen molar-refractivity contribution >= 4 is 40.8 Å². The Kier molecular flexibility index (Phi) is 6.59. The van der Waals surface area contributed by atoms with Gasteiger partial charge in [0.25, 0.3) is 11.8 Å². The number of halogens is 6. The SMILES string of the molecule is N#CCN1Cc2cc(NC(=O)c3cc(F)cc(C(F)(F)F)c3)c3c(c2NC1=O)C(=O)N[C@H]3c1cc(F)ccc1Cl. The number of nitrogens with one attached hydrogen (secondary N) is 3. The first-order chi connectivity index (χ1) is 18.9. The summed E-state index contributed by atoms with van der Waals surface area (Å²) in [4.78, 5) is 40.0. The largest absolute Gasteiger partial charge is 0.416 e. The van der Waals surface area contributed by atoms with Crippen LogP contribution < -0.4 is 16.0 Å². The predicted molar refractivity (Wildman–Crippen MR) is 132 cm³/mol. The van der Waals surface area contributed by atoms with Crippen LogP contribution in [0, 0.1) is 23.0 Å². The summed E-state index contributed by atoms with van der Waals surface area (Å²) in [7, 11) is 0. The lowest BCUT2D eigenvalue weighted by Gasteiger charge is -2.30. The van der Waals surface area contributed by atoms with Gasteiger partial charge in [0, 0.05) is 27.4 Å². The van der Waals surface area contributed by atoms with E-state index in [0.29, 0.717) is 17.7 Å². The maximum absolute atomic E-state index is 14.2. The van der Waals surface area contributed by atoms with E-state index in [4.69, 9.17) is 16.9 Å². The summed E-state index contributed by atoms with van der Waals surface area (Å²) in [5, 5.41) is 16.7. The number of amides is 4. The number of carbonyl (C=O) groups is 3. The van der Waals surface area contributed by atoms with E-state index in [0.717, 1.165) is 17.0 Å². The zero-order valence-corrected chi connectivity index (χ0v) is 20.7. The number of fused-ring (bicyclic) bond motifs is 3. The Morgan fingerprint density at radius 2 is 1.88 bits per heavy atom. The molecule has 2 aliphatic heterocycles. The van der Waals surface area contributed by atoms with Crippen LogP contribution in [0.5, 0.6) is 0 Å². The highest BCUT2D eigenvalue weighted by molar-refractivity contribution is 6.31. The van der Waals surface area contributed by atoms with Crippen molar-refractivity contribution < 1.29 is 36.3 Å². The van der Waals surface area contributed by atoms with Crippen LogP contribution in [0.25, 0.3) is 0 Å². The molecule has 2 aliphatic rings. The highest BCUT2D eigenvalue weighted by Gasteiger charge is 2.40. The minimum absolute atomic E-state index is 0.0473. The number of hydrogen-bond acceptors (Lipinski definition) is 4. The maximum Gasteiger partial charge on any atom is 0.416 e. The molecule has 0 fully saturated rings. The van der Waals surface area contributed by atoms with Gasteiger partial charge in [0.15, 0.2) is 0 Å². The van der Waals surface area contributed by atoms with Crippen LogP contribution in [0.15, 0.2) is 42.5 Å². The molecule has 3 N–H and O–H groups in total. The molecule has 0 aliphatic carbocycles. The van der Waals surface area contributed by atoms with Crippen LogP contribution in [0.3, 0.4) is 0 Å². The Morgan fingerprint density at radius 3 is 2.58 bits per heavy atom. The number of nitrogens with zero attached hydrogens (tertiary/aromatic N) is 2. The Morgan fingerprint density at radius 1 is 1.12 bits per heavy atom. The molecule has 1 atom stereocenters. The molecule has 0 radical (unpaired) electrons. The van der Waals surface area contributed by atoms with Crippen molar-refractivity contribution in [3.63, 3.8) is 0 Å². The molecule has 204 valence electrons. The van der Waals surface area contributed by atoms with Gasteiger partial charge in [0.05, 0.1) is 35.5 Å². The molecule has 0 saturated heterocycles. The minimum Gasteiger partial charge on any atom is -0.341 e. The molecule has 0 bridgehead atoms. The molecule has 2 heterocycles. The first-order valence-electron chi connectivity index (χ1n) is 11.4. The summed E-state index contributed by atoms with van der Waals surface area (Å²) >= 11 is 6.28. The highest BCUT2D eigenvalue weighted by atomic mass is 35.5. The smallest absolute Gasteiger partial charge is 0.341 e. The van der Waals surface area contributed by atoms with Crippen molar-refractivity contribution in [2.75, 3.05) is 17.2 Å². The van der Waals surface area contributed by atoms with Crippen LogP contribution >= 0.6 is 11.6 Å². The fourth-order valence-corrected chi connectivity index (χ4v) is 4.89. The highest BCUT2D eigenvalue weighted by Crippen LogP contribution is 2.45. The van der Waals surface area contributed by atoms with E-state index in [1.807, 2.05) is 6.07 Å². The van der Waals surface area contributed by atoms with Crippen molar-refractivity contribution in [3.05, 3.63) is 92.5 Å². The molecule has 14 heteroatoms. The first-order valence-corrected chi connectivity index (χ1v) is 11.8.